The van der Waals surface area contributed by atoms with Gasteiger partial charge in [0.05, 0.1) is 6.61 Å². The van der Waals surface area contributed by atoms with Crippen molar-refractivity contribution in [1.29, 1.82) is 0 Å². The number of amides is 1. The van der Waals surface area contributed by atoms with Gasteiger partial charge in [0.1, 0.15) is 6.42 Å². The molecule has 1 fully saturated rings. The average molecular weight is 304 g/mol. The number of nitrogens with one attached hydrogen (secondary N) is 1. The van der Waals surface area contributed by atoms with Crippen LogP contribution in [0.5, 0.6) is 0 Å². The van der Waals surface area contributed by atoms with E-state index in [9.17, 15) is 9.59 Å². The molecule has 1 aromatic rings. The van der Waals surface area contributed by atoms with Crippen molar-refractivity contribution in [3.8, 4) is 0 Å². The van der Waals surface area contributed by atoms with Gasteiger partial charge in [0, 0.05) is 25.7 Å². The fourth-order valence-electron chi connectivity index (χ4n) is 2.70. The first-order valence-electron chi connectivity index (χ1n) is 7.88. The van der Waals surface area contributed by atoms with Crippen LogP contribution in [0.15, 0.2) is 30.3 Å². The van der Waals surface area contributed by atoms with Crippen LogP contribution in [-0.2, 0) is 20.9 Å². The molecule has 1 saturated heterocycles. The zero-order valence-electron chi connectivity index (χ0n) is 13.1. The molecule has 0 atom stereocenters. The Labute approximate surface area is 131 Å². The van der Waals surface area contributed by atoms with Crippen LogP contribution < -0.4 is 5.32 Å². The number of benzene rings is 1. The van der Waals surface area contributed by atoms with Crippen LogP contribution in [0.3, 0.4) is 0 Å². The van der Waals surface area contributed by atoms with Crippen molar-refractivity contribution >= 4 is 11.9 Å². The molecule has 0 spiro atoms. The van der Waals surface area contributed by atoms with E-state index >= 15 is 0 Å². The zero-order valence-corrected chi connectivity index (χ0v) is 13.1. The van der Waals surface area contributed by atoms with Gasteiger partial charge in [-0.15, -0.1) is 0 Å². The molecule has 1 N–H and O–H groups in total. The topological polar surface area (TPSA) is 58.6 Å². The minimum Gasteiger partial charge on any atom is -0.466 e. The molecule has 1 amide bonds. The molecule has 0 unspecified atom stereocenters. The number of carbonyl (C=O) groups is 2. The predicted molar refractivity (Wildman–Crippen MR) is 84.1 cm³/mol. The number of esters is 1. The van der Waals surface area contributed by atoms with Crippen molar-refractivity contribution < 1.29 is 14.3 Å². The number of hydrogen-bond acceptors (Lipinski definition) is 4. The third kappa shape index (κ3) is 5.48. The standard InChI is InChI=1S/C17H24N2O3/c1-2-22-17(21)12-16(20)18-15-8-10-19(11-9-15)13-14-6-4-3-5-7-14/h3-7,15H,2,8-13H2,1H3,(H,18,20). The first-order valence-corrected chi connectivity index (χ1v) is 7.88. The molecule has 1 aliphatic heterocycles. The molecule has 5 heteroatoms. The lowest BCUT2D eigenvalue weighted by Gasteiger charge is -2.32. The van der Waals surface area contributed by atoms with Crippen LogP contribution in [-0.4, -0.2) is 42.5 Å². The van der Waals surface area contributed by atoms with Gasteiger partial charge in [0.15, 0.2) is 0 Å². The Morgan fingerprint density at radius 3 is 2.55 bits per heavy atom. The number of likely N-dealkylation sites (tertiary alicyclic amines) is 1. The van der Waals surface area contributed by atoms with Crippen LogP contribution in [0.1, 0.15) is 31.7 Å². The van der Waals surface area contributed by atoms with Gasteiger partial charge in [0.2, 0.25) is 5.91 Å². The minimum absolute atomic E-state index is 0.161. The smallest absolute Gasteiger partial charge is 0.315 e. The maximum atomic E-state index is 11.7. The largest absolute Gasteiger partial charge is 0.466 e. The summed E-state index contributed by atoms with van der Waals surface area (Å²) in [5.41, 5.74) is 1.31. The molecule has 0 saturated carbocycles. The van der Waals surface area contributed by atoms with Gasteiger partial charge in [-0.05, 0) is 25.3 Å². The van der Waals surface area contributed by atoms with E-state index < -0.39 is 5.97 Å². The highest BCUT2D eigenvalue weighted by molar-refractivity contribution is 5.94. The maximum absolute atomic E-state index is 11.7. The molecule has 1 aliphatic rings. The van der Waals surface area contributed by atoms with Gasteiger partial charge in [-0.25, -0.2) is 0 Å². The van der Waals surface area contributed by atoms with E-state index in [1.807, 2.05) is 6.07 Å². The second-order valence-electron chi connectivity index (χ2n) is 5.59. The zero-order chi connectivity index (χ0) is 15.8. The van der Waals surface area contributed by atoms with E-state index in [0.29, 0.717) is 6.61 Å². The van der Waals surface area contributed by atoms with Crippen molar-refractivity contribution in [3.05, 3.63) is 35.9 Å². The average Bonchev–Trinajstić information content (AvgIpc) is 2.50. The van der Waals surface area contributed by atoms with Crippen molar-refractivity contribution in [1.82, 2.24) is 10.2 Å². The number of piperidine rings is 1. The first-order chi connectivity index (χ1) is 10.7. The number of carbonyl (C=O) groups excluding carboxylic acids is 2. The van der Waals surface area contributed by atoms with Gasteiger partial charge in [0.25, 0.3) is 0 Å². The van der Waals surface area contributed by atoms with Crippen molar-refractivity contribution in [2.45, 2.75) is 38.8 Å². The lowest BCUT2D eigenvalue weighted by molar-refractivity contribution is -0.146. The van der Waals surface area contributed by atoms with Crippen LogP contribution in [0.2, 0.25) is 0 Å². The van der Waals surface area contributed by atoms with Crippen molar-refractivity contribution in [2.24, 2.45) is 0 Å². The van der Waals surface area contributed by atoms with Gasteiger partial charge >= 0.3 is 5.97 Å². The summed E-state index contributed by atoms with van der Waals surface area (Å²) < 4.78 is 4.78. The van der Waals surface area contributed by atoms with E-state index in [1.165, 1.54) is 5.56 Å². The molecule has 0 bridgehead atoms. The van der Waals surface area contributed by atoms with E-state index in [1.54, 1.807) is 6.92 Å². The normalized spacial score (nSPS) is 16.2. The summed E-state index contributed by atoms with van der Waals surface area (Å²) >= 11 is 0. The van der Waals surface area contributed by atoms with E-state index in [0.717, 1.165) is 32.5 Å². The number of rotatable bonds is 6. The molecule has 0 radical (unpaired) electrons. The molecule has 1 heterocycles. The summed E-state index contributed by atoms with van der Waals surface area (Å²) in [6.07, 6.45) is 1.65. The third-order valence-corrected chi connectivity index (χ3v) is 3.81. The quantitative estimate of drug-likeness (QED) is 0.642. The number of nitrogens with zero attached hydrogens (tertiary/aromatic N) is 1. The lowest BCUT2D eigenvalue weighted by atomic mass is 10.0. The Morgan fingerprint density at radius 1 is 1.23 bits per heavy atom. The van der Waals surface area contributed by atoms with Crippen molar-refractivity contribution in [2.75, 3.05) is 19.7 Å². The third-order valence-electron chi connectivity index (χ3n) is 3.81. The molecule has 0 aromatic heterocycles. The summed E-state index contributed by atoms with van der Waals surface area (Å²) in [6.45, 7) is 4.91. The highest BCUT2D eigenvalue weighted by Crippen LogP contribution is 2.14. The molecule has 22 heavy (non-hydrogen) atoms. The second kappa shape index (κ2) is 8.54. The van der Waals surface area contributed by atoms with E-state index in [-0.39, 0.29) is 18.4 Å². The molecule has 2 rings (SSSR count). The summed E-state index contributed by atoms with van der Waals surface area (Å²) in [7, 11) is 0. The molecular weight excluding hydrogens is 280 g/mol. The highest BCUT2D eigenvalue weighted by Gasteiger charge is 2.21. The van der Waals surface area contributed by atoms with Crippen LogP contribution >= 0.6 is 0 Å². The second-order valence-corrected chi connectivity index (χ2v) is 5.59. The molecule has 0 aliphatic carbocycles. The Bertz CT molecular complexity index is 482. The Kier molecular flexibility index (Phi) is 6.40. The first kappa shape index (κ1) is 16.5. The van der Waals surface area contributed by atoms with Gasteiger partial charge < -0.3 is 10.1 Å². The predicted octanol–water partition coefficient (Wildman–Crippen LogP) is 1.72. The number of ether oxygens (including phenoxy) is 1. The van der Waals surface area contributed by atoms with Crippen LogP contribution in [0.25, 0.3) is 0 Å². The summed E-state index contributed by atoms with van der Waals surface area (Å²) in [5.74, 6) is -0.693. The fraction of sp³-hybridized carbons (Fsp3) is 0.529. The summed E-state index contributed by atoms with van der Waals surface area (Å²) in [6, 6.07) is 10.6. The van der Waals surface area contributed by atoms with Crippen molar-refractivity contribution in [3.63, 3.8) is 0 Å². The molecule has 120 valence electrons. The van der Waals surface area contributed by atoms with Crippen LogP contribution in [0.4, 0.5) is 0 Å². The molecule has 5 nitrogen and oxygen atoms in total. The lowest BCUT2D eigenvalue weighted by Crippen LogP contribution is -2.44. The highest BCUT2D eigenvalue weighted by atomic mass is 16.5. The molecule has 1 aromatic carbocycles. The van der Waals surface area contributed by atoms with E-state index in [4.69, 9.17) is 4.74 Å². The monoisotopic (exact) mass is 304 g/mol. The Balaban J connectivity index is 1.68. The van der Waals surface area contributed by atoms with Gasteiger partial charge in [-0.2, -0.15) is 0 Å². The van der Waals surface area contributed by atoms with E-state index in [2.05, 4.69) is 34.5 Å². The fourth-order valence-corrected chi connectivity index (χ4v) is 2.70. The molecular formula is C17H24N2O3. The summed E-state index contributed by atoms with van der Waals surface area (Å²) in [5, 5.41) is 2.93. The minimum atomic E-state index is -0.457. The van der Waals surface area contributed by atoms with Crippen LogP contribution in [0, 0.1) is 0 Å². The summed E-state index contributed by atoms with van der Waals surface area (Å²) in [4.78, 5) is 25.4. The van der Waals surface area contributed by atoms with Gasteiger partial charge in [-0.3, -0.25) is 14.5 Å². The Hall–Kier alpha value is -1.88. The maximum Gasteiger partial charge on any atom is 0.315 e. The Morgan fingerprint density at radius 2 is 1.91 bits per heavy atom. The number of hydrogen-bond donors (Lipinski definition) is 1. The SMILES string of the molecule is CCOC(=O)CC(=O)NC1CCN(Cc2ccccc2)CC1. The van der Waals surface area contributed by atoms with Gasteiger partial charge in [-0.1, -0.05) is 30.3 Å².